The lowest BCUT2D eigenvalue weighted by Gasteiger charge is -2.37. The smallest absolute Gasteiger partial charge is 0.260 e. The second kappa shape index (κ2) is 11.2. The van der Waals surface area contributed by atoms with Crippen LogP contribution in [0.5, 0.6) is 5.75 Å². The summed E-state index contributed by atoms with van der Waals surface area (Å²) in [4.78, 5) is 16.8. The second-order valence-electron chi connectivity index (χ2n) is 8.22. The van der Waals surface area contributed by atoms with E-state index in [1.54, 1.807) is 4.90 Å². The molecular formula is C24H32ClN3O4S. The average molecular weight is 494 g/mol. The Balaban J connectivity index is 1.53. The molecule has 0 saturated carbocycles. The minimum Gasteiger partial charge on any atom is -0.482 e. The number of benzene rings is 2. The second-order valence-corrected chi connectivity index (χ2v) is 10.4. The van der Waals surface area contributed by atoms with Gasteiger partial charge in [0.05, 0.1) is 9.92 Å². The highest BCUT2D eigenvalue weighted by molar-refractivity contribution is 7.89. The van der Waals surface area contributed by atoms with Crippen molar-refractivity contribution in [2.24, 2.45) is 0 Å². The Hall–Kier alpha value is -2.29. The fraction of sp³-hybridized carbons (Fsp3) is 0.458. The van der Waals surface area contributed by atoms with Crippen LogP contribution in [0.25, 0.3) is 0 Å². The van der Waals surface area contributed by atoms with Crippen LogP contribution in [0.2, 0.25) is 5.02 Å². The molecule has 3 rings (SSSR count). The van der Waals surface area contributed by atoms with Gasteiger partial charge in [-0.1, -0.05) is 37.1 Å². The zero-order valence-corrected chi connectivity index (χ0v) is 21.0. The lowest BCUT2D eigenvalue weighted by Crippen LogP contribution is -2.50. The van der Waals surface area contributed by atoms with E-state index in [1.165, 1.54) is 35.0 Å². The molecule has 7 nitrogen and oxygen atoms in total. The summed E-state index contributed by atoms with van der Waals surface area (Å²) in [6.45, 7) is 9.19. The molecule has 0 bridgehead atoms. The van der Waals surface area contributed by atoms with Crippen LogP contribution in [-0.4, -0.2) is 58.6 Å². The summed E-state index contributed by atoms with van der Waals surface area (Å²) in [5, 5.41) is 0.154. The zero-order chi connectivity index (χ0) is 24.0. The van der Waals surface area contributed by atoms with Crippen LogP contribution in [0.1, 0.15) is 30.9 Å². The molecule has 1 amide bonds. The molecular weight excluding hydrogens is 462 g/mol. The minimum atomic E-state index is -3.62. The van der Waals surface area contributed by atoms with Crippen LogP contribution in [-0.2, 0) is 14.8 Å². The Bertz CT molecular complexity index is 1080. The topological polar surface area (TPSA) is 78.9 Å². The summed E-state index contributed by atoms with van der Waals surface area (Å²) in [6.07, 6.45) is 1.65. The molecule has 0 radical (unpaired) electrons. The molecule has 1 aliphatic rings. The number of unbranched alkanes of at least 4 members (excludes halogenated alkanes) is 1. The number of rotatable bonds is 9. The fourth-order valence-electron chi connectivity index (χ4n) is 3.74. The number of hydrogen-bond donors (Lipinski definition) is 1. The molecule has 2 aromatic carbocycles. The number of nitrogens with zero attached hydrogens (tertiary/aromatic N) is 2. The van der Waals surface area contributed by atoms with Crippen LogP contribution < -0.4 is 14.4 Å². The zero-order valence-electron chi connectivity index (χ0n) is 19.4. The summed E-state index contributed by atoms with van der Waals surface area (Å²) in [5.74, 6) is 0.163. The Morgan fingerprint density at radius 1 is 1.12 bits per heavy atom. The van der Waals surface area contributed by atoms with Gasteiger partial charge in [-0.05, 0) is 55.7 Å². The van der Waals surface area contributed by atoms with E-state index < -0.39 is 10.0 Å². The molecule has 0 atom stereocenters. The Morgan fingerprint density at radius 3 is 2.52 bits per heavy atom. The highest BCUT2D eigenvalue weighted by Crippen LogP contribution is 2.28. The fourth-order valence-corrected chi connectivity index (χ4v) is 5.14. The first kappa shape index (κ1) is 25.3. The van der Waals surface area contributed by atoms with Gasteiger partial charge in [0.2, 0.25) is 10.0 Å². The first-order chi connectivity index (χ1) is 15.7. The summed E-state index contributed by atoms with van der Waals surface area (Å²) >= 11 is 6.23. The molecule has 0 aromatic heterocycles. The van der Waals surface area contributed by atoms with Crippen molar-refractivity contribution in [2.45, 2.75) is 38.5 Å². The summed E-state index contributed by atoms with van der Waals surface area (Å²) in [6, 6.07) is 10.6. The lowest BCUT2D eigenvalue weighted by atomic mass is 10.1. The molecule has 180 valence electrons. The molecule has 0 unspecified atom stereocenters. The van der Waals surface area contributed by atoms with E-state index in [0.29, 0.717) is 19.6 Å². The number of ether oxygens (including phenoxy) is 1. The first-order valence-corrected chi connectivity index (χ1v) is 13.1. The molecule has 0 aliphatic carbocycles. The van der Waals surface area contributed by atoms with Crippen LogP contribution in [0.4, 0.5) is 5.69 Å². The molecule has 33 heavy (non-hydrogen) atoms. The van der Waals surface area contributed by atoms with Crippen molar-refractivity contribution in [1.29, 1.82) is 0 Å². The van der Waals surface area contributed by atoms with Gasteiger partial charge in [-0.2, -0.15) is 0 Å². The largest absolute Gasteiger partial charge is 0.482 e. The van der Waals surface area contributed by atoms with Gasteiger partial charge in [0.15, 0.2) is 6.61 Å². The van der Waals surface area contributed by atoms with Gasteiger partial charge in [0.1, 0.15) is 5.75 Å². The van der Waals surface area contributed by atoms with Crippen LogP contribution in [0.3, 0.4) is 0 Å². The summed E-state index contributed by atoms with van der Waals surface area (Å²) < 4.78 is 32.8. The molecule has 9 heteroatoms. The molecule has 2 aromatic rings. The summed E-state index contributed by atoms with van der Waals surface area (Å²) in [7, 11) is -3.62. The minimum absolute atomic E-state index is 0.0739. The number of aryl methyl sites for hydroxylation is 1. The van der Waals surface area contributed by atoms with Crippen LogP contribution in [0.15, 0.2) is 41.3 Å². The number of piperazine rings is 1. The number of carbonyl (C=O) groups excluding carboxylic acids is 1. The predicted octanol–water partition coefficient (Wildman–Crippen LogP) is 3.76. The normalized spacial score (nSPS) is 14.4. The maximum atomic E-state index is 12.7. The van der Waals surface area contributed by atoms with Crippen molar-refractivity contribution < 1.29 is 17.9 Å². The molecule has 1 fully saturated rings. The van der Waals surface area contributed by atoms with Gasteiger partial charge >= 0.3 is 0 Å². The molecule has 1 saturated heterocycles. The van der Waals surface area contributed by atoms with Crippen molar-refractivity contribution in [3.63, 3.8) is 0 Å². The lowest BCUT2D eigenvalue weighted by molar-refractivity contribution is -0.133. The van der Waals surface area contributed by atoms with Gasteiger partial charge in [0.25, 0.3) is 5.91 Å². The van der Waals surface area contributed by atoms with Crippen LogP contribution in [0, 0.1) is 13.8 Å². The molecule has 0 spiro atoms. The Kier molecular flexibility index (Phi) is 8.62. The highest BCUT2D eigenvalue weighted by Gasteiger charge is 2.23. The monoisotopic (exact) mass is 493 g/mol. The Labute approximate surface area is 201 Å². The number of halogens is 1. The van der Waals surface area contributed by atoms with Crippen molar-refractivity contribution in [3.05, 3.63) is 52.5 Å². The standard InChI is InChI=1S/C24H32ClN3O4S/c1-4-5-11-26-33(30,31)20-9-10-23(21(25)16-20)32-17-24(29)28-14-12-27(13-15-28)22-8-6-7-18(2)19(22)3/h6-10,16,26H,4-5,11-15,17H2,1-3H3. The number of sulfonamides is 1. The van der Waals surface area contributed by atoms with Gasteiger partial charge in [-0.25, -0.2) is 13.1 Å². The number of carbonyl (C=O) groups is 1. The molecule has 1 aliphatic heterocycles. The van der Waals surface area contributed by atoms with Crippen molar-refractivity contribution in [2.75, 3.05) is 44.2 Å². The van der Waals surface area contributed by atoms with Gasteiger partial charge in [-0.3, -0.25) is 4.79 Å². The number of hydrogen-bond acceptors (Lipinski definition) is 5. The maximum Gasteiger partial charge on any atom is 0.260 e. The SMILES string of the molecule is CCCCNS(=O)(=O)c1ccc(OCC(=O)N2CCN(c3cccc(C)c3C)CC2)c(Cl)c1. The van der Waals surface area contributed by atoms with E-state index >= 15 is 0 Å². The molecule has 1 N–H and O–H groups in total. The van der Waals surface area contributed by atoms with Gasteiger partial charge in [0, 0.05) is 38.4 Å². The van der Waals surface area contributed by atoms with Crippen LogP contribution >= 0.6 is 11.6 Å². The van der Waals surface area contributed by atoms with E-state index in [-0.39, 0.29) is 28.2 Å². The third-order valence-corrected chi connectivity index (χ3v) is 7.69. The van der Waals surface area contributed by atoms with Gasteiger partial charge < -0.3 is 14.5 Å². The van der Waals surface area contributed by atoms with Crippen molar-refractivity contribution >= 4 is 33.2 Å². The summed E-state index contributed by atoms with van der Waals surface area (Å²) in [5.41, 5.74) is 3.73. The average Bonchev–Trinajstić information content (AvgIpc) is 2.80. The maximum absolute atomic E-state index is 12.7. The van der Waals surface area contributed by atoms with E-state index in [0.717, 1.165) is 25.9 Å². The van der Waals surface area contributed by atoms with Gasteiger partial charge in [-0.15, -0.1) is 0 Å². The van der Waals surface area contributed by atoms with E-state index in [2.05, 4.69) is 41.7 Å². The predicted molar refractivity (Wildman–Crippen MR) is 132 cm³/mol. The third-order valence-electron chi connectivity index (χ3n) is 5.94. The van der Waals surface area contributed by atoms with E-state index in [4.69, 9.17) is 16.3 Å². The number of nitrogens with one attached hydrogen (secondary N) is 1. The number of anilines is 1. The first-order valence-electron chi connectivity index (χ1n) is 11.2. The molecule has 1 heterocycles. The van der Waals surface area contributed by atoms with Crippen molar-refractivity contribution in [1.82, 2.24) is 9.62 Å². The quantitative estimate of drug-likeness (QED) is 0.538. The van der Waals surface area contributed by atoms with Crippen molar-refractivity contribution in [3.8, 4) is 5.75 Å². The number of amides is 1. The van der Waals surface area contributed by atoms with E-state index in [1.807, 2.05) is 6.92 Å². The highest BCUT2D eigenvalue weighted by atomic mass is 35.5. The third kappa shape index (κ3) is 6.40. The Morgan fingerprint density at radius 2 is 1.85 bits per heavy atom. The van der Waals surface area contributed by atoms with E-state index in [9.17, 15) is 13.2 Å².